The number of rotatable bonds is 15. The van der Waals surface area contributed by atoms with Crippen LogP contribution in [-0.2, 0) is 33.3 Å². The summed E-state index contributed by atoms with van der Waals surface area (Å²) in [5.41, 5.74) is 0.521. The van der Waals surface area contributed by atoms with E-state index in [9.17, 15) is 19.8 Å². The Bertz CT molecular complexity index is 1320. The highest BCUT2D eigenvalue weighted by Crippen LogP contribution is 2.40. The lowest BCUT2D eigenvalue weighted by Gasteiger charge is -2.36. The van der Waals surface area contributed by atoms with Gasteiger partial charge in [0.25, 0.3) is 0 Å². The van der Waals surface area contributed by atoms with Gasteiger partial charge in [-0.3, -0.25) is 4.79 Å². The lowest BCUT2D eigenvalue weighted by Crippen LogP contribution is -2.36. The van der Waals surface area contributed by atoms with Crippen LogP contribution >= 0.6 is 0 Å². The highest BCUT2D eigenvalue weighted by atomic mass is 16.6. The van der Waals surface area contributed by atoms with E-state index >= 15 is 0 Å². The maximum Gasteiger partial charge on any atom is 0.334 e. The molecule has 54 heavy (non-hydrogen) atoms. The molecule has 0 saturated carbocycles. The zero-order valence-electron chi connectivity index (χ0n) is 36.1. The molecule has 310 valence electrons. The maximum absolute atomic E-state index is 13.2. The average Bonchev–Trinajstić information content (AvgIpc) is 3.00. The Kier molecular flexibility index (Phi) is 16.7. The Labute approximate surface area is 327 Å². The van der Waals surface area contributed by atoms with E-state index < -0.39 is 46.9 Å². The lowest BCUT2D eigenvalue weighted by atomic mass is 9.76. The molecule has 3 rings (SSSR count). The minimum atomic E-state index is -1.02. The summed E-state index contributed by atoms with van der Waals surface area (Å²) in [6.45, 7) is 25.5. The zero-order valence-corrected chi connectivity index (χ0v) is 36.1. The molecule has 0 unspecified atom stereocenters. The van der Waals surface area contributed by atoms with E-state index in [0.717, 1.165) is 63.4 Å². The highest BCUT2D eigenvalue weighted by Gasteiger charge is 2.37. The van der Waals surface area contributed by atoms with Crippen LogP contribution in [0.2, 0.25) is 0 Å². The van der Waals surface area contributed by atoms with Crippen molar-refractivity contribution in [1.82, 2.24) is 0 Å². The van der Waals surface area contributed by atoms with Crippen molar-refractivity contribution in [3.05, 3.63) is 34.9 Å². The van der Waals surface area contributed by atoms with Gasteiger partial charge >= 0.3 is 11.9 Å². The van der Waals surface area contributed by atoms with Crippen molar-refractivity contribution in [3.8, 4) is 0 Å². The number of ether oxygens (including phenoxy) is 5. The summed E-state index contributed by atoms with van der Waals surface area (Å²) >= 11 is 0. The molecule has 9 heteroatoms. The fraction of sp³-hybridized carbons (Fsp3) is 0.822. The topological polar surface area (TPSA) is 121 Å². The van der Waals surface area contributed by atoms with E-state index in [0.29, 0.717) is 30.4 Å². The summed E-state index contributed by atoms with van der Waals surface area (Å²) in [5, 5.41) is 22.1. The Hall–Kier alpha value is -2.04. The number of esters is 2. The van der Waals surface area contributed by atoms with Crippen LogP contribution in [0.4, 0.5) is 0 Å². The van der Waals surface area contributed by atoms with E-state index in [2.05, 4.69) is 13.0 Å². The van der Waals surface area contributed by atoms with Crippen LogP contribution in [0.3, 0.4) is 0 Å². The maximum atomic E-state index is 13.2. The molecule has 0 aliphatic heterocycles. The molecule has 0 aromatic carbocycles. The van der Waals surface area contributed by atoms with Crippen LogP contribution in [0.25, 0.3) is 0 Å². The van der Waals surface area contributed by atoms with Gasteiger partial charge in [-0.2, -0.15) is 0 Å². The predicted octanol–water partition coefficient (Wildman–Crippen LogP) is 9.53. The quantitative estimate of drug-likeness (QED) is 0.0955. The van der Waals surface area contributed by atoms with E-state index in [1.165, 1.54) is 5.57 Å². The van der Waals surface area contributed by atoms with Crippen LogP contribution in [0.1, 0.15) is 161 Å². The summed E-state index contributed by atoms with van der Waals surface area (Å²) in [6, 6.07) is 0. The zero-order chi connectivity index (χ0) is 40.6. The molecule has 0 aromatic heterocycles. The van der Waals surface area contributed by atoms with Crippen molar-refractivity contribution in [2.24, 2.45) is 29.6 Å². The first-order chi connectivity index (χ1) is 24.8. The second-order valence-corrected chi connectivity index (χ2v) is 20.2. The smallest absolute Gasteiger partial charge is 0.334 e. The van der Waals surface area contributed by atoms with Crippen molar-refractivity contribution < 1.29 is 43.5 Å². The van der Waals surface area contributed by atoms with Gasteiger partial charge in [-0.15, -0.1) is 0 Å². The molecule has 0 heterocycles. The summed E-state index contributed by atoms with van der Waals surface area (Å²) in [4.78, 5) is 26.4. The van der Waals surface area contributed by atoms with Gasteiger partial charge in [-0.25, -0.2) is 4.79 Å². The first kappa shape index (κ1) is 46.3. The third kappa shape index (κ3) is 17.0. The largest absolute Gasteiger partial charge is 0.460 e. The Morgan fingerprint density at radius 2 is 1.35 bits per heavy atom. The number of aliphatic hydroxyl groups excluding tert-OH is 2. The van der Waals surface area contributed by atoms with Gasteiger partial charge < -0.3 is 33.9 Å². The normalized spacial score (nSPS) is 27.0. The van der Waals surface area contributed by atoms with Gasteiger partial charge in [0.15, 0.2) is 12.6 Å². The summed E-state index contributed by atoms with van der Waals surface area (Å²) < 4.78 is 29.9. The second kappa shape index (κ2) is 19.4. The molecule has 3 aliphatic rings. The van der Waals surface area contributed by atoms with Crippen LogP contribution in [0.15, 0.2) is 34.9 Å². The van der Waals surface area contributed by atoms with E-state index in [1.807, 2.05) is 95.2 Å². The van der Waals surface area contributed by atoms with Crippen molar-refractivity contribution >= 4 is 11.9 Å². The molecule has 0 spiro atoms. The summed E-state index contributed by atoms with van der Waals surface area (Å²) in [5.74, 6) is -0.351. The predicted molar refractivity (Wildman–Crippen MR) is 213 cm³/mol. The number of carbonyl (C=O) groups is 2. The van der Waals surface area contributed by atoms with Crippen molar-refractivity contribution in [1.29, 1.82) is 0 Å². The fourth-order valence-electron chi connectivity index (χ4n) is 7.98. The third-order valence-electron chi connectivity index (χ3n) is 9.93. The molecular weight excluding hydrogens is 684 g/mol. The van der Waals surface area contributed by atoms with Gasteiger partial charge in [0.05, 0.1) is 29.8 Å². The molecule has 0 fully saturated rings. The molecule has 0 bridgehead atoms. The van der Waals surface area contributed by atoms with E-state index in [-0.39, 0.29) is 30.3 Å². The number of hydrogen-bond acceptors (Lipinski definition) is 9. The second-order valence-electron chi connectivity index (χ2n) is 20.2. The van der Waals surface area contributed by atoms with Crippen LogP contribution < -0.4 is 0 Å². The Morgan fingerprint density at radius 1 is 0.741 bits per heavy atom. The average molecular weight is 761 g/mol. The SMILES string of the molecule is CCCC1=C[C@@H](CO[C@@H]2C=C(C(=O)OC(C)(C)C)C[C@H](C(=O)OC(C)(C)C)C2)C[C@@H](CCC[C@H]2CC([C@H](O)OC(C)(C)C)=C[C@@H]([C@@H](O)OC(C)(C)C)C2)C1. The van der Waals surface area contributed by atoms with Crippen LogP contribution in [0, 0.1) is 29.6 Å². The van der Waals surface area contributed by atoms with Crippen molar-refractivity contribution in [2.75, 3.05) is 6.61 Å². The molecular formula is C45H76O9. The van der Waals surface area contributed by atoms with Crippen molar-refractivity contribution in [2.45, 2.75) is 202 Å². The molecule has 0 amide bonds. The minimum Gasteiger partial charge on any atom is -0.460 e. The number of hydrogen-bond donors (Lipinski definition) is 2. The Balaban J connectivity index is 1.67. The molecule has 3 aliphatic carbocycles. The van der Waals surface area contributed by atoms with Gasteiger partial charge in [-0.05, 0) is 152 Å². The molecule has 0 aromatic rings. The standard InChI is InChI=1S/C45H76O9/c1-14-16-29-19-30(17-15-18-31-22-33(38(46)51-42(2,3)4)24-34(23-31)39(47)52-43(5,6)7)21-32(20-29)28-50-37-26-35(40(48)53-44(8,9)10)25-36(27-37)41(49)54-45(11,12)13/h20,24,26,30-33,36-39,46-47H,14-19,21-23,25,27-28H2,1-13H3/t30-,31+,32+,33-,36-,37+,38-,39+/m0/s1. The molecule has 0 radical (unpaired) electrons. The van der Waals surface area contributed by atoms with Gasteiger partial charge in [-0.1, -0.05) is 50.3 Å². The number of carbonyl (C=O) groups excluding carboxylic acids is 2. The van der Waals surface area contributed by atoms with Gasteiger partial charge in [0.2, 0.25) is 0 Å². The summed E-state index contributed by atoms with van der Waals surface area (Å²) in [7, 11) is 0. The lowest BCUT2D eigenvalue weighted by molar-refractivity contribution is -0.188. The van der Waals surface area contributed by atoms with Crippen LogP contribution in [0.5, 0.6) is 0 Å². The monoisotopic (exact) mass is 761 g/mol. The molecule has 8 atom stereocenters. The number of allylic oxidation sites excluding steroid dienone is 1. The number of aliphatic hydroxyl groups is 2. The Morgan fingerprint density at radius 3 is 1.93 bits per heavy atom. The fourth-order valence-corrected chi connectivity index (χ4v) is 7.98. The van der Waals surface area contributed by atoms with Crippen LogP contribution in [-0.4, -0.2) is 69.8 Å². The third-order valence-corrected chi connectivity index (χ3v) is 9.93. The van der Waals surface area contributed by atoms with Gasteiger partial charge in [0, 0.05) is 17.4 Å². The van der Waals surface area contributed by atoms with E-state index in [1.54, 1.807) is 0 Å². The summed E-state index contributed by atoms with van der Waals surface area (Å²) in [6.07, 6.45) is 13.6. The minimum absolute atomic E-state index is 0.217. The van der Waals surface area contributed by atoms with Crippen molar-refractivity contribution in [3.63, 3.8) is 0 Å². The van der Waals surface area contributed by atoms with Gasteiger partial charge in [0.1, 0.15) is 11.2 Å². The first-order valence-corrected chi connectivity index (χ1v) is 20.7. The highest BCUT2D eigenvalue weighted by molar-refractivity contribution is 5.90. The van der Waals surface area contributed by atoms with E-state index in [4.69, 9.17) is 23.7 Å². The molecule has 0 saturated heterocycles. The molecule has 9 nitrogen and oxygen atoms in total. The first-order valence-electron chi connectivity index (χ1n) is 20.7. The molecule has 2 N–H and O–H groups in total.